The molecular formula is C26H37NO4S. The molecule has 0 radical (unpaired) electrons. The maximum absolute atomic E-state index is 13.5. The lowest BCUT2D eigenvalue weighted by Gasteiger charge is -2.44. The Labute approximate surface area is 193 Å². The van der Waals surface area contributed by atoms with E-state index >= 15 is 0 Å². The molecule has 0 saturated carbocycles. The van der Waals surface area contributed by atoms with E-state index in [9.17, 15) is 8.42 Å². The Morgan fingerprint density at radius 1 is 1.03 bits per heavy atom. The van der Waals surface area contributed by atoms with E-state index in [1.165, 1.54) is 4.31 Å². The van der Waals surface area contributed by atoms with Crippen molar-refractivity contribution in [1.82, 2.24) is 4.31 Å². The second-order valence-corrected chi connectivity index (χ2v) is 11.3. The smallest absolute Gasteiger partial charge is 0.217 e. The molecule has 1 aliphatic heterocycles. The zero-order valence-corrected chi connectivity index (χ0v) is 20.8. The average molecular weight is 460 g/mol. The van der Waals surface area contributed by atoms with Crippen LogP contribution in [-0.2, 0) is 19.5 Å². The molecule has 1 fully saturated rings. The van der Waals surface area contributed by atoms with E-state index in [4.69, 9.17) is 9.47 Å². The average Bonchev–Trinajstić information content (AvgIpc) is 2.79. The normalized spacial score (nSPS) is 22.1. The third-order valence-corrected chi connectivity index (χ3v) is 8.82. The van der Waals surface area contributed by atoms with E-state index in [0.29, 0.717) is 12.8 Å². The van der Waals surface area contributed by atoms with Crippen molar-refractivity contribution in [2.24, 2.45) is 0 Å². The van der Waals surface area contributed by atoms with Gasteiger partial charge in [0.05, 0.1) is 17.9 Å². The molecule has 176 valence electrons. The van der Waals surface area contributed by atoms with Crippen LogP contribution in [0.4, 0.5) is 0 Å². The highest BCUT2D eigenvalue weighted by Crippen LogP contribution is 2.37. The summed E-state index contributed by atoms with van der Waals surface area (Å²) in [6, 6.07) is 18.0. The van der Waals surface area contributed by atoms with Crippen molar-refractivity contribution in [3.63, 3.8) is 0 Å². The minimum absolute atomic E-state index is 0.290. The van der Waals surface area contributed by atoms with Crippen molar-refractivity contribution in [2.75, 3.05) is 13.7 Å². The van der Waals surface area contributed by atoms with Crippen LogP contribution in [0.15, 0.2) is 54.6 Å². The van der Waals surface area contributed by atoms with E-state index < -0.39 is 28.0 Å². The number of ether oxygens (including phenoxy) is 2. The standard InChI is InChI=1S/C26H37NO4S/c1-6-8-14-23(7-2)32(28,29)27(5)24-19-30-26(3,4)31-25(24)22-17-15-21(16-18-22)20-12-10-9-11-13-20/h9-13,15-18,23-25H,6-8,14,19H2,1-5H3/t23-,24-,25-/m0/s1. The van der Waals surface area contributed by atoms with Gasteiger partial charge in [-0.15, -0.1) is 0 Å². The van der Waals surface area contributed by atoms with Gasteiger partial charge in [-0.1, -0.05) is 81.3 Å². The van der Waals surface area contributed by atoms with Crippen LogP contribution in [0.1, 0.15) is 65.0 Å². The monoisotopic (exact) mass is 459 g/mol. The fraction of sp³-hybridized carbons (Fsp3) is 0.538. The number of hydrogen-bond donors (Lipinski definition) is 0. The molecule has 1 aliphatic rings. The van der Waals surface area contributed by atoms with Crippen LogP contribution in [0.3, 0.4) is 0 Å². The predicted molar refractivity (Wildman–Crippen MR) is 130 cm³/mol. The fourth-order valence-corrected chi connectivity index (χ4v) is 6.20. The Kier molecular flexibility index (Phi) is 8.15. The summed E-state index contributed by atoms with van der Waals surface area (Å²) < 4.78 is 40.6. The molecule has 6 heteroatoms. The second kappa shape index (κ2) is 10.5. The first-order valence-electron chi connectivity index (χ1n) is 11.6. The quantitative estimate of drug-likeness (QED) is 0.477. The molecule has 1 heterocycles. The number of nitrogens with zero attached hydrogens (tertiary/aromatic N) is 1. The van der Waals surface area contributed by atoms with Gasteiger partial charge in [-0.3, -0.25) is 0 Å². The first-order chi connectivity index (χ1) is 15.2. The fourth-order valence-electron chi connectivity index (χ4n) is 4.29. The van der Waals surface area contributed by atoms with E-state index in [0.717, 1.165) is 29.5 Å². The van der Waals surface area contributed by atoms with E-state index in [1.54, 1.807) is 7.05 Å². The Hall–Kier alpha value is -1.73. The Morgan fingerprint density at radius 2 is 1.66 bits per heavy atom. The minimum atomic E-state index is -3.48. The molecule has 0 unspecified atom stereocenters. The largest absolute Gasteiger partial charge is 0.349 e. The summed E-state index contributed by atoms with van der Waals surface area (Å²) in [7, 11) is -1.81. The molecule has 1 saturated heterocycles. The van der Waals surface area contributed by atoms with E-state index in [-0.39, 0.29) is 11.9 Å². The third-order valence-electron chi connectivity index (χ3n) is 6.33. The lowest BCUT2D eigenvalue weighted by atomic mass is 9.97. The molecule has 2 aromatic rings. The summed E-state index contributed by atoms with van der Waals surface area (Å²) in [4.78, 5) is 0. The Bertz CT molecular complexity index is 957. The van der Waals surface area contributed by atoms with Crippen molar-refractivity contribution < 1.29 is 17.9 Å². The zero-order valence-electron chi connectivity index (χ0n) is 20.0. The van der Waals surface area contributed by atoms with Gasteiger partial charge >= 0.3 is 0 Å². The highest BCUT2D eigenvalue weighted by molar-refractivity contribution is 7.89. The summed E-state index contributed by atoms with van der Waals surface area (Å²) in [5, 5.41) is -0.386. The number of sulfonamides is 1. The van der Waals surface area contributed by atoms with Crippen LogP contribution < -0.4 is 0 Å². The van der Waals surface area contributed by atoms with Gasteiger partial charge in [0, 0.05) is 7.05 Å². The number of likely N-dealkylation sites (N-methyl/N-ethyl adjacent to an activating group) is 1. The van der Waals surface area contributed by atoms with Crippen molar-refractivity contribution in [3.8, 4) is 11.1 Å². The van der Waals surface area contributed by atoms with E-state index in [2.05, 4.69) is 31.2 Å². The molecule has 0 N–H and O–H groups in total. The zero-order chi connectivity index (χ0) is 23.4. The molecule has 0 bridgehead atoms. The molecular weight excluding hydrogens is 422 g/mol. The summed E-state index contributed by atoms with van der Waals surface area (Å²) in [6.07, 6.45) is 2.75. The lowest BCUT2D eigenvalue weighted by molar-refractivity contribution is -0.291. The molecule has 0 amide bonds. The van der Waals surface area contributed by atoms with Gasteiger partial charge in [0.1, 0.15) is 6.10 Å². The van der Waals surface area contributed by atoms with Gasteiger partial charge in [-0.05, 0) is 43.4 Å². The molecule has 2 aromatic carbocycles. The van der Waals surface area contributed by atoms with Gasteiger partial charge in [-0.2, -0.15) is 4.31 Å². The molecule has 32 heavy (non-hydrogen) atoms. The van der Waals surface area contributed by atoms with Crippen LogP contribution in [0.25, 0.3) is 11.1 Å². The van der Waals surface area contributed by atoms with Crippen LogP contribution in [0, 0.1) is 0 Å². The lowest BCUT2D eigenvalue weighted by Crippen LogP contribution is -2.54. The third kappa shape index (κ3) is 5.60. The molecule has 3 atom stereocenters. The summed E-state index contributed by atoms with van der Waals surface area (Å²) in [5.41, 5.74) is 3.21. The van der Waals surface area contributed by atoms with Crippen molar-refractivity contribution in [3.05, 3.63) is 60.2 Å². The first-order valence-corrected chi connectivity index (χ1v) is 13.1. The summed E-state index contributed by atoms with van der Waals surface area (Å²) in [6.45, 7) is 8.07. The van der Waals surface area contributed by atoms with Gasteiger partial charge in [0.15, 0.2) is 5.79 Å². The van der Waals surface area contributed by atoms with Crippen molar-refractivity contribution in [2.45, 2.75) is 76.6 Å². The predicted octanol–water partition coefficient (Wildman–Crippen LogP) is 5.78. The highest BCUT2D eigenvalue weighted by Gasteiger charge is 2.44. The van der Waals surface area contributed by atoms with Crippen LogP contribution in [0.2, 0.25) is 0 Å². The van der Waals surface area contributed by atoms with Crippen LogP contribution >= 0.6 is 0 Å². The molecule has 0 aliphatic carbocycles. The summed E-state index contributed by atoms with van der Waals surface area (Å²) in [5.74, 6) is -0.782. The highest BCUT2D eigenvalue weighted by atomic mass is 32.2. The minimum Gasteiger partial charge on any atom is -0.349 e. The maximum Gasteiger partial charge on any atom is 0.217 e. The SMILES string of the molecule is CCCC[C@H](CC)S(=O)(=O)N(C)[C@H]1COC(C)(C)O[C@H]1c1ccc(-c2ccccc2)cc1. The topological polar surface area (TPSA) is 55.8 Å². The summed E-state index contributed by atoms with van der Waals surface area (Å²) >= 11 is 0. The number of unbranched alkanes of at least 4 members (excludes halogenated alkanes) is 1. The second-order valence-electron chi connectivity index (χ2n) is 9.04. The van der Waals surface area contributed by atoms with Crippen molar-refractivity contribution in [1.29, 1.82) is 0 Å². The van der Waals surface area contributed by atoms with Crippen LogP contribution in [-0.4, -0.2) is 43.5 Å². The maximum atomic E-state index is 13.5. The molecule has 0 aromatic heterocycles. The Morgan fingerprint density at radius 3 is 2.25 bits per heavy atom. The van der Waals surface area contributed by atoms with Gasteiger partial charge < -0.3 is 9.47 Å². The first kappa shape index (κ1) is 24.9. The number of hydrogen-bond acceptors (Lipinski definition) is 4. The van der Waals surface area contributed by atoms with E-state index in [1.807, 2.05) is 51.1 Å². The Balaban J connectivity index is 1.89. The van der Waals surface area contributed by atoms with Crippen molar-refractivity contribution >= 4 is 10.0 Å². The molecule has 3 rings (SSSR count). The van der Waals surface area contributed by atoms with Gasteiger partial charge in [-0.25, -0.2) is 8.42 Å². The number of benzene rings is 2. The molecule has 0 spiro atoms. The number of rotatable bonds is 9. The van der Waals surface area contributed by atoms with Crippen LogP contribution in [0.5, 0.6) is 0 Å². The van der Waals surface area contributed by atoms with Gasteiger partial charge in [0.25, 0.3) is 0 Å². The van der Waals surface area contributed by atoms with Gasteiger partial charge in [0.2, 0.25) is 10.0 Å². The molecule has 5 nitrogen and oxygen atoms in total.